The maximum absolute atomic E-state index is 12.7. The number of hydrogen-bond donors (Lipinski definition) is 0. The van der Waals surface area contributed by atoms with Crippen molar-refractivity contribution in [3.63, 3.8) is 0 Å². The molecule has 0 aliphatic carbocycles. The van der Waals surface area contributed by atoms with Gasteiger partial charge in [-0.3, -0.25) is 4.79 Å². The molecule has 2 aromatic rings. The second-order valence-electron chi connectivity index (χ2n) is 4.88. The monoisotopic (exact) mass is 292 g/mol. The highest BCUT2D eigenvalue weighted by Crippen LogP contribution is 2.33. The van der Waals surface area contributed by atoms with Gasteiger partial charge in [0.05, 0.1) is 5.56 Å². The topological polar surface area (TPSA) is 17.1 Å². The highest BCUT2D eigenvalue weighted by molar-refractivity contribution is 5.97. The Morgan fingerprint density at radius 1 is 1.10 bits per heavy atom. The van der Waals surface area contributed by atoms with Gasteiger partial charge in [-0.15, -0.1) is 0 Å². The van der Waals surface area contributed by atoms with Crippen molar-refractivity contribution in [2.24, 2.45) is 0 Å². The highest BCUT2D eigenvalue weighted by atomic mass is 19.4. The van der Waals surface area contributed by atoms with Crippen LogP contribution in [0, 0.1) is 6.92 Å². The van der Waals surface area contributed by atoms with Gasteiger partial charge in [0.25, 0.3) is 0 Å². The van der Waals surface area contributed by atoms with Crippen LogP contribution in [0.15, 0.2) is 42.5 Å². The van der Waals surface area contributed by atoms with Gasteiger partial charge in [-0.05, 0) is 41.8 Å². The van der Waals surface area contributed by atoms with Crippen LogP contribution in [0.5, 0.6) is 0 Å². The molecule has 0 bridgehead atoms. The molecule has 0 aliphatic rings. The van der Waals surface area contributed by atoms with E-state index < -0.39 is 11.7 Å². The number of rotatable bonds is 3. The van der Waals surface area contributed by atoms with Crippen molar-refractivity contribution in [3.05, 3.63) is 59.2 Å². The number of carbonyl (C=O) groups is 1. The zero-order chi connectivity index (χ0) is 15.6. The molecule has 4 heteroatoms. The van der Waals surface area contributed by atoms with Gasteiger partial charge in [0.15, 0.2) is 5.78 Å². The fraction of sp³-hybridized carbons (Fsp3) is 0.235. The van der Waals surface area contributed by atoms with Crippen LogP contribution in [-0.2, 0) is 6.18 Å². The van der Waals surface area contributed by atoms with E-state index in [0.29, 0.717) is 23.1 Å². The second-order valence-corrected chi connectivity index (χ2v) is 4.88. The molecule has 0 radical (unpaired) electrons. The lowest BCUT2D eigenvalue weighted by Gasteiger charge is -2.12. The molecule has 0 heterocycles. The molecule has 0 fully saturated rings. The molecular formula is C17H15F3O. The van der Waals surface area contributed by atoms with Crippen LogP contribution >= 0.6 is 0 Å². The van der Waals surface area contributed by atoms with E-state index in [0.717, 1.165) is 17.7 Å². The summed E-state index contributed by atoms with van der Waals surface area (Å²) < 4.78 is 38.0. The van der Waals surface area contributed by atoms with Gasteiger partial charge >= 0.3 is 6.18 Å². The molecule has 0 spiro atoms. The Labute approximate surface area is 121 Å². The van der Waals surface area contributed by atoms with Crippen LogP contribution in [0.3, 0.4) is 0 Å². The lowest BCUT2D eigenvalue weighted by molar-refractivity contribution is -0.137. The van der Waals surface area contributed by atoms with Crippen molar-refractivity contribution in [1.82, 2.24) is 0 Å². The van der Waals surface area contributed by atoms with Crippen LogP contribution in [0.1, 0.15) is 34.8 Å². The second kappa shape index (κ2) is 5.72. The van der Waals surface area contributed by atoms with Gasteiger partial charge in [-0.25, -0.2) is 0 Å². The van der Waals surface area contributed by atoms with Gasteiger partial charge in [0.1, 0.15) is 0 Å². The minimum atomic E-state index is -4.34. The van der Waals surface area contributed by atoms with E-state index in [4.69, 9.17) is 0 Å². The van der Waals surface area contributed by atoms with E-state index in [1.165, 1.54) is 6.07 Å². The first-order chi connectivity index (χ1) is 9.82. The van der Waals surface area contributed by atoms with Gasteiger partial charge in [-0.1, -0.05) is 31.2 Å². The van der Waals surface area contributed by atoms with Crippen LogP contribution in [0.4, 0.5) is 13.2 Å². The van der Waals surface area contributed by atoms with E-state index in [1.54, 1.807) is 38.1 Å². The normalized spacial score (nSPS) is 11.5. The first-order valence-corrected chi connectivity index (χ1v) is 6.64. The van der Waals surface area contributed by atoms with Crippen LogP contribution in [0.2, 0.25) is 0 Å². The molecule has 2 aromatic carbocycles. The van der Waals surface area contributed by atoms with Crippen molar-refractivity contribution in [3.8, 4) is 11.1 Å². The summed E-state index contributed by atoms with van der Waals surface area (Å²) in [6.07, 6.45) is -3.95. The molecule has 0 N–H and O–H groups in total. The fourth-order valence-electron chi connectivity index (χ4n) is 2.23. The molecule has 0 atom stereocenters. The molecule has 0 aromatic heterocycles. The summed E-state index contributed by atoms with van der Waals surface area (Å²) in [4.78, 5) is 11.7. The SMILES string of the molecule is CCC(=O)c1cccc(-c2ccc(C(F)(F)F)cc2C)c1. The molecule has 0 saturated carbocycles. The molecule has 0 unspecified atom stereocenters. The highest BCUT2D eigenvalue weighted by Gasteiger charge is 2.30. The van der Waals surface area contributed by atoms with E-state index in [1.807, 2.05) is 0 Å². The minimum absolute atomic E-state index is 0.0152. The first-order valence-electron chi connectivity index (χ1n) is 6.64. The predicted molar refractivity (Wildman–Crippen MR) is 76.2 cm³/mol. The summed E-state index contributed by atoms with van der Waals surface area (Å²) in [5.41, 5.74) is 1.90. The molecule has 110 valence electrons. The fourth-order valence-corrected chi connectivity index (χ4v) is 2.23. The Morgan fingerprint density at radius 2 is 1.81 bits per heavy atom. The zero-order valence-corrected chi connectivity index (χ0v) is 11.8. The molecule has 1 nitrogen and oxygen atoms in total. The summed E-state index contributed by atoms with van der Waals surface area (Å²) >= 11 is 0. The van der Waals surface area contributed by atoms with Crippen molar-refractivity contribution >= 4 is 5.78 Å². The molecule has 0 amide bonds. The zero-order valence-electron chi connectivity index (χ0n) is 11.8. The minimum Gasteiger partial charge on any atom is -0.294 e. The summed E-state index contributed by atoms with van der Waals surface area (Å²) in [5.74, 6) is 0.0152. The van der Waals surface area contributed by atoms with Crippen LogP contribution in [0.25, 0.3) is 11.1 Å². The van der Waals surface area contributed by atoms with E-state index >= 15 is 0 Å². The van der Waals surface area contributed by atoms with Crippen molar-refractivity contribution < 1.29 is 18.0 Å². The summed E-state index contributed by atoms with van der Waals surface area (Å²) in [5, 5.41) is 0. The Kier molecular flexibility index (Phi) is 4.16. The lowest BCUT2D eigenvalue weighted by Crippen LogP contribution is -2.05. The largest absolute Gasteiger partial charge is 0.416 e. The summed E-state index contributed by atoms with van der Waals surface area (Å²) in [6.45, 7) is 3.41. The lowest BCUT2D eigenvalue weighted by atomic mass is 9.96. The number of benzene rings is 2. The third-order valence-corrected chi connectivity index (χ3v) is 3.37. The van der Waals surface area contributed by atoms with Gasteiger partial charge in [0, 0.05) is 12.0 Å². The van der Waals surface area contributed by atoms with E-state index in [9.17, 15) is 18.0 Å². The predicted octanol–water partition coefficient (Wildman–Crippen LogP) is 5.27. The first kappa shape index (κ1) is 15.3. The Hall–Kier alpha value is -2.10. The number of Topliss-reactive ketones (excluding diaryl/α,β-unsaturated/α-hetero) is 1. The number of alkyl halides is 3. The average molecular weight is 292 g/mol. The quantitative estimate of drug-likeness (QED) is 0.704. The maximum Gasteiger partial charge on any atom is 0.416 e. The Balaban J connectivity index is 2.46. The summed E-state index contributed by atoms with van der Waals surface area (Å²) in [6, 6.07) is 10.6. The van der Waals surface area contributed by atoms with Gasteiger partial charge in [0.2, 0.25) is 0 Å². The molecule has 0 saturated heterocycles. The summed E-state index contributed by atoms with van der Waals surface area (Å²) in [7, 11) is 0. The number of ketones is 1. The van der Waals surface area contributed by atoms with Crippen molar-refractivity contribution in [2.45, 2.75) is 26.4 Å². The maximum atomic E-state index is 12.7. The standard InChI is InChI=1S/C17H15F3O/c1-3-16(21)13-6-4-5-12(10-13)15-8-7-14(9-11(15)2)17(18,19)20/h4-10H,3H2,1-2H3. The Morgan fingerprint density at radius 3 is 2.38 bits per heavy atom. The molecular weight excluding hydrogens is 277 g/mol. The molecule has 21 heavy (non-hydrogen) atoms. The van der Waals surface area contributed by atoms with E-state index in [-0.39, 0.29) is 5.78 Å². The molecule has 0 aliphatic heterocycles. The van der Waals surface area contributed by atoms with E-state index in [2.05, 4.69) is 0 Å². The van der Waals surface area contributed by atoms with Gasteiger partial charge < -0.3 is 0 Å². The third-order valence-electron chi connectivity index (χ3n) is 3.37. The average Bonchev–Trinajstić information content (AvgIpc) is 2.45. The van der Waals surface area contributed by atoms with Crippen LogP contribution in [-0.4, -0.2) is 5.78 Å². The molecule has 2 rings (SSSR count). The number of halogens is 3. The van der Waals surface area contributed by atoms with Gasteiger partial charge in [-0.2, -0.15) is 13.2 Å². The number of hydrogen-bond acceptors (Lipinski definition) is 1. The van der Waals surface area contributed by atoms with Crippen LogP contribution < -0.4 is 0 Å². The Bertz CT molecular complexity index is 672. The smallest absolute Gasteiger partial charge is 0.294 e. The van der Waals surface area contributed by atoms with Crippen molar-refractivity contribution in [2.75, 3.05) is 0 Å². The third kappa shape index (κ3) is 3.32. The number of carbonyl (C=O) groups excluding carboxylic acids is 1. The van der Waals surface area contributed by atoms with Crippen molar-refractivity contribution in [1.29, 1.82) is 0 Å². The number of aryl methyl sites for hydroxylation is 1.